The van der Waals surface area contributed by atoms with Crippen molar-refractivity contribution >= 4 is 40.0 Å². The van der Waals surface area contributed by atoms with E-state index in [9.17, 15) is 14.7 Å². The molecular formula is C33H37N3O3S. The van der Waals surface area contributed by atoms with Crippen LogP contribution in [0.3, 0.4) is 0 Å². The number of aliphatic hydroxyl groups excluding tert-OH is 1. The fourth-order valence-electron chi connectivity index (χ4n) is 4.53. The quantitative estimate of drug-likeness (QED) is 0.155. The van der Waals surface area contributed by atoms with E-state index >= 15 is 0 Å². The number of nitrogen functional groups attached to an aromatic ring is 1. The normalized spacial score (nSPS) is 13.0. The van der Waals surface area contributed by atoms with E-state index in [2.05, 4.69) is 34.9 Å². The molecule has 5 N–H and O–H groups in total. The van der Waals surface area contributed by atoms with Gasteiger partial charge in [-0.05, 0) is 79.9 Å². The second-order valence-corrected chi connectivity index (χ2v) is 12.1. The maximum atomic E-state index is 13.4. The molecule has 0 aliphatic rings. The highest BCUT2D eigenvalue weighted by molar-refractivity contribution is 7.99. The van der Waals surface area contributed by atoms with Crippen molar-refractivity contribution in [3.8, 4) is 0 Å². The first-order valence-electron chi connectivity index (χ1n) is 13.4. The Balaban J connectivity index is 1.58. The smallest absolute Gasteiger partial charge is 0.251 e. The molecule has 0 saturated carbocycles. The third-order valence-electron chi connectivity index (χ3n) is 6.73. The van der Waals surface area contributed by atoms with Crippen LogP contribution in [0.2, 0.25) is 0 Å². The van der Waals surface area contributed by atoms with Gasteiger partial charge in [-0.3, -0.25) is 9.59 Å². The van der Waals surface area contributed by atoms with Crippen molar-refractivity contribution in [3.05, 3.63) is 107 Å². The highest BCUT2D eigenvalue weighted by Gasteiger charge is 2.26. The van der Waals surface area contributed by atoms with Crippen LogP contribution in [-0.2, 0) is 6.42 Å². The SMILES string of the molecule is Cc1c(N)cccc1C(=O)N[C@@H](CSc1ccc2ccccc2c1)[C@H](O)Cc1ccccc1C(=O)NC(C)(C)C. The molecule has 0 bridgehead atoms. The zero-order valence-corrected chi connectivity index (χ0v) is 24.2. The molecule has 6 nitrogen and oxygen atoms in total. The molecule has 0 saturated heterocycles. The topological polar surface area (TPSA) is 104 Å². The minimum Gasteiger partial charge on any atom is -0.398 e. The predicted octanol–water partition coefficient (Wildman–Crippen LogP) is 5.75. The van der Waals surface area contributed by atoms with Crippen molar-refractivity contribution in [3.63, 3.8) is 0 Å². The zero-order valence-electron chi connectivity index (χ0n) is 23.4. The summed E-state index contributed by atoms with van der Waals surface area (Å²) >= 11 is 1.57. The zero-order chi connectivity index (χ0) is 28.9. The Morgan fingerprint density at radius 3 is 2.30 bits per heavy atom. The van der Waals surface area contributed by atoms with E-state index in [1.54, 1.807) is 36.0 Å². The van der Waals surface area contributed by atoms with Crippen molar-refractivity contribution in [2.24, 2.45) is 0 Å². The number of amides is 2. The van der Waals surface area contributed by atoms with Gasteiger partial charge in [0.15, 0.2) is 0 Å². The van der Waals surface area contributed by atoms with E-state index in [1.807, 2.05) is 64.1 Å². The number of carbonyl (C=O) groups is 2. The minimum absolute atomic E-state index is 0.197. The molecule has 0 spiro atoms. The average molecular weight is 556 g/mol. The predicted molar refractivity (Wildman–Crippen MR) is 165 cm³/mol. The molecule has 4 rings (SSSR count). The summed E-state index contributed by atoms with van der Waals surface area (Å²) in [5.41, 5.74) is 8.58. The Morgan fingerprint density at radius 1 is 0.875 bits per heavy atom. The number of hydrogen-bond acceptors (Lipinski definition) is 5. The van der Waals surface area contributed by atoms with Crippen LogP contribution in [0.5, 0.6) is 0 Å². The third kappa shape index (κ3) is 7.43. The lowest BCUT2D eigenvalue weighted by Crippen LogP contribution is -2.46. The number of nitrogens with one attached hydrogen (secondary N) is 2. The van der Waals surface area contributed by atoms with Gasteiger partial charge in [-0.15, -0.1) is 11.8 Å². The van der Waals surface area contributed by atoms with Crippen LogP contribution in [-0.4, -0.2) is 40.4 Å². The number of aliphatic hydroxyl groups is 1. The summed E-state index contributed by atoms with van der Waals surface area (Å²) in [6.45, 7) is 7.59. The molecule has 40 heavy (non-hydrogen) atoms. The van der Waals surface area contributed by atoms with E-state index in [0.29, 0.717) is 33.7 Å². The second kappa shape index (κ2) is 12.6. The highest BCUT2D eigenvalue weighted by Crippen LogP contribution is 2.26. The first kappa shape index (κ1) is 29.2. The van der Waals surface area contributed by atoms with Gasteiger partial charge < -0.3 is 21.5 Å². The van der Waals surface area contributed by atoms with Gasteiger partial charge in [0.05, 0.1) is 12.1 Å². The number of nitrogens with two attached hydrogens (primary N) is 1. The van der Waals surface area contributed by atoms with E-state index in [4.69, 9.17) is 5.73 Å². The fraction of sp³-hybridized carbons (Fsp3) is 0.273. The van der Waals surface area contributed by atoms with E-state index in [-0.39, 0.29) is 18.2 Å². The van der Waals surface area contributed by atoms with Gasteiger partial charge in [0, 0.05) is 39.4 Å². The molecule has 4 aromatic rings. The molecule has 0 aliphatic carbocycles. The molecule has 2 atom stereocenters. The maximum absolute atomic E-state index is 13.4. The van der Waals surface area contributed by atoms with Crippen molar-refractivity contribution in [1.29, 1.82) is 0 Å². The molecule has 0 unspecified atom stereocenters. The number of rotatable bonds is 9. The van der Waals surface area contributed by atoms with Gasteiger partial charge in [-0.25, -0.2) is 0 Å². The van der Waals surface area contributed by atoms with Crippen LogP contribution in [0.4, 0.5) is 5.69 Å². The summed E-state index contributed by atoms with van der Waals surface area (Å²) in [5, 5.41) is 19.8. The number of benzene rings is 4. The van der Waals surface area contributed by atoms with Crippen molar-refractivity contribution in [2.45, 2.75) is 56.7 Å². The molecule has 0 aliphatic heterocycles. The Kier molecular flexibility index (Phi) is 9.17. The van der Waals surface area contributed by atoms with Crippen LogP contribution < -0.4 is 16.4 Å². The lowest BCUT2D eigenvalue weighted by Gasteiger charge is -2.26. The molecule has 0 radical (unpaired) electrons. The highest BCUT2D eigenvalue weighted by atomic mass is 32.2. The standard InChI is InChI=1S/C33H37N3O3S/c1-21-26(14-9-15-28(21)34)31(38)35-29(20-40-25-17-16-22-10-5-6-11-23(22)18-25)30(37)19-24-12-7-8-13-27(24)32(39)36-33(2,3)4/h5-18,29-30,37H,19-20,34H2,1-4H3,(H,35,38)(H,36,39)/t29-,30+/m0/s1. The van der Waals surface area contributed by atoms with Gasteiger partial charge in [0.2, 0.25) is 0 Å². The Labute approximate surface area is 240 Å². The Hall–Kier alpha value is -3.81. The molecule has 208 valence electrons. The monoisotopic (exact) mass is 555 g/mol. The van der Waals surface area contributed by atoms with Crippen molar-refractivity contribution < 1.29 is 14.7 Å². The van der Waals surface area contributed by atoms with Crippen LogP contribution >= 0.6 is 11.8 Å². The van der Waals surface area contributed by atoms with Crippen molar-refractivity contribution in [1.82, 2.24) is 10.6 Å². The number of fused-ring (bicyclic) bond motifs is 1. The van der Waals surface area contributed by atoms with Gasteiger partial charge in [-0.2, -0.15) is 0 Å². The van der Waals surface area contributed by atoms with Crippen LogP contribution in [0, 0.1) is 6.92 Å². The van der Waals surface area contributed by atoms with Crippen LogP contribution in [0.1, 0.15) is 52.6 Å². The third-order valence-corrected chi connectivity index (χ3v) is 7.84. The van der Waals surface area contributed by atoms with Gasteiger partial charge in [-0.1, -0.05) is 54.6 Å². The second-order valence-electron chi connectivity index (χ2n) is 11.1. The van der Waals surface area contributed by atoms with Crippen LogP contribution in [0.25, 0.3) is 10.8 Å². The lowest BCUT2D eigenvalue weighted by atomic mass is 9.96. The van der Waals surface area contributed by atoms with E-state index < -0.39 is 17.7 Å². The summed E-state index contributed by atoms with van der Waals surface area (Å²) in [6, 6.07) is 26.3. The van der Waals surface area contributed by atoms with E-state index in [0.717, 1.165) is 15.7 Å². The summed E-state index contributed by atoms with van der Waals surface area (Å²) in [7, 11) is 0. The summed E-state index contributed by atoms with van der Waals surface area (Å²) in [6.07, 6.45) is -0.741. The number of hydrogen-bond donors (Lipinski definition) is 4. The number of anilines is 1. The number of thioether (sulfide) groups is 1. The maximum Gasteiger partial charge on any atom is 0.251 e. The van der Waals surface area contributed by atoms with Gasteiger partial charge >= 0.3 is 0 Å². The van der Waals surface area contributed by atoms with Crippen molar-refractivity contribution in [2.75, 3.05) is 11.5 Å². The molecule has 0 fully saturated rings. The van der Waals surface area contributed by atoms with E-state index in [1.165, 1.54) is 0 Å². The van der Waals surface area contributed by atoms with Gasteiger partial charge in [0.25, 0.3) is 11.8 Å². The first-order chi connectivity index (χ1) is 19.0. The van der Waals surface area contributed by atoms with Gasteiger partial charge in [0.1, 0.15) is 0 Å². The minimum atomic E-state index is -0.943. The number of carbonyl (C=O) groups excluding carboxylic acids is 2. The lowest BCUT2D eigenvalue weighted by molar-refractivity contribution is 0.0849. The molecule has 0 aromatic heterocycles. The van der Waals surface area contributed by atoms with Crippen LogP contribution in [0.15, 0.2) is 89.8 Å². The summed E-state index contributed by atoms with van der Waals surface area (Å²) < 4.78 is 0. The molecule has 0 heterocycles. The molecular weight excluding hydrogens is 518 g/mol. The first-order valence-corrected chi connectivity index (χ1v) is 14.4. The fourth-order valence-corrected chi connectivity index (χ4v) is 5.59. The molecule has 7 heteroatoms. The Morgan fingerprint density at radius 2 is 1.55 bits per heavy atom. The molecule has 4 aromatic carbocycles. The largest absolute Gasteiger partial charge is 0.398 e. The summed E-state index contributed by atoms with van der Waals surface area (Å²) in [4.78, 5) is 27.4. The average Bonchev–Trinajstić information content (AvgIpc) is 2.91. The Bertz CT molecular complexity index is 1510. The summed E-state index contributed by atoms with van der Waals surface area (Å²) in [5.74, 6) is -0.0632. The molecule has 2 amide bonds.